The van der Waals surface area contributed by atoms with Gasteiger partial charge >= 0.3 is 0 Å². The Morgan fingerprint density at radius 1 is 1.16 bits per heavy atom. The molecule has 134 valence electrons. The van der Waals surface area contributed by atoms with Crippen LogP contribution in [0.2, 0.25) is 0 Å². The number of anilines is 1. The van der Waals surface area contributed by atoms with E-state index in [1.807, 2.05) is 11.8 Å². The van der Waals surface area contributed by atoms with Crippen LogP contribution in [0, 0.1) is 5.82 Å². The van der Waals surface area contributed by atoms with E-state index in [2.05, 4.69) is 9.88 Å². The number of rotatable bonds is 6. The summed E-state index contributed by atoms with van der Waals surface area (Å²) in [7, 11) is 0. The van der Waals surface area contributed by atoms with E-state index in [1.165, 1.54) is 12.1 Å². The molecule has 1 aliphatic heterocycles. The van der Waals surface area contributed by atoms with E-state index in [1.54, 1.807) is 29.1 Å². The highest BCUT2D eigenvalue weighted by atomic mass is 19.1. The van der Waals surface area contributed by atoms with E-state index in [-0.39, 0.29) is 11.4 Å². The second-order valence-corrected chi connectivity index (χ2v) is 5.97. The fraction of sp³-hybridized carbons (Fsp3) is 0.444. The smallest absolute Gasteiger partial charge is 0.293 e. The summed E-state index contributed by atoms with van der Waals surface area (Å²) < 4.78 is 20.2. The highest BCUT2D eigenvalue weighted by molar-refractivity contribution is 5.36. The van der Waals surface area contributed by atoms with E-state index >= 15 is 0 Å². The standard InChI is InChI=1S/C18H23FN4O2/c1-2-22-8-7-20-17(18(22)24)23-11-9-21(10-12-23)13-14-25-16-5-3-15(19)4-6-16/h3-8H,2,9-14H2,1H3. The second-order valence-electron chi connectivity index (χ2n) is 5.97. The van der Waals surface area contributed by atoms with Crippen LogP contribution < -0.4 is 15.2 Å². The molecule has 0 saturated carbocycles. The summed E-state index contributed by atoms with van der Waals surface area (Å²) in [5.41, 5.74) is -0.0295. The van der Waals surface area contributed by atoms with Crippen LogP contribution in [0.4, 0.5) is 10.2 Å². The van der Waals surface area contributed by atoms with Gasteiger partial charge < -0.3 is 14.2 Å². The van der Waals surface area contributed by atoms with Crippen LogP contribution in [0.25, 0.3) is 0 Å². The van der Waals surface area contributed by atoms with Gasteiger partial charge in [-0.25, -0.2) is 9.37 Å². The first-order chi connectivity index (χ1) is 12.2. The molecule has 6 nitrogen and oxygen atoms in total. The summed E-state index contributed by atoms with van der Waals surface area (Å²) in [6.07, 6.45) is 3.40. The van der Waals surface area contributed by atoms with Crippen LogP contribution in [0.15, 0.2) is 41.5 Å². The minimum absolute atomic E-state index is 0.0295. The van der Waals surface area contributed by atoms with Crippen molar-refractivity contribution >= 4 is 5.82 Å². The molecule has 3 rings (SSSR count). The number of nitrogens with zero attached hydrogens (tertiary/aromatic N) is 4. The Hall–Kier alpha value is -2.41. The van der Waals surface area contributed by atoms with Gasteiger partial charge in [-0.3, -0.25) is 9.69 Å². The normalized spacial score (nSPS) is 15.4. The molecule has 0 unspecified atom stereocenters. The Kier molecular flexibility index (Phi) is 5.65. The molecular formula is C18H23FN4O2. The molecular weight excluding hydrogens is 323 g/mol. The first-order valence-corrected chi connectivity index (χ1v) is 8.58. The quantitative estimate of drug-likeness (QED) is 0.795. The maximum absolute atomic E-state index is 12.9. The highest BCUT2D eigenvalue weighted by Gasteiger charge is 2.20. The molecule has 1 aromatic carbocycles. The summed E-state index contributed by atoms with van der Waals surface area (Å²) in [6, 6.07) is 6.05. The topological polar surface area (TPSA) is 50.6 Å². The lowest BCUT2D eigenvalue weighted by Crippen LogP contribution is -2.49. The monoisotopic (exact) mass is 346 g/mol. The number of aryl methyl sites for hydroxylation is 1. The molecule has 1 aliphatic rings. The average molecular weight is 346 g/mol. The number of piperazine rings is 1. The first-order valence-electron chi connectivity index (χ1n) is 8.58. The SMILES string of the molecule is CCn1ccnc(N2CCN(CCOc3ccc(F)cc3)CC2)c1=O. The number of ether oxygens (including phenoxy) is 1. The molecule has 0 radical (unpaired) electrons. The lowest BCUT2D eigenvalue weighted by molar-refractivity contribution is 0.200. The molecule has 1 fully saturated rings. The van der Waals surface area contributed by atoms with Gasteiger partial charge in [-0.15, -0.1) is 0 Å². The third kappa shape index (κ3) is 4.36. The second kappa shape index (κ2) is 8.11. The molecule has 0 spiro atoms. The van der Waals surface area contributed by atoms with Gasteiger partial charge in [-0.05, 0) is 31.2 Å². The Balaban J connectivity index is 1.47. The minimum atomic E-state index is -0.264. The van der Waals surface area contributed by atoms with E-state index in [0.717, 1.165) is 32.7 Å². The number of aromatic nitrogens is 2. The third-order valence-electron chi connectivity index (χ3n) is 4.40. The summed E-state index contributed by atoms with van der Waals surface area (Å²) >= 11 is 0. The number of benzene rings is 1. The molecule has 0 amide bonds. The molecule has 2 aromatic rings. The summed E-state index contributed by atoms with van der Waals surface area (Å²) in [5.74, 6) is 0.945. The molecule has 0 N–H and O–H groups in total. The number of hydrogen-bond donors (Lipinski definition) is 0. The van der Waals surface area contributed by atoms with Crippen molar-refractivity contribution in [2.45, 2.75) is 13.5 Å². The van der Waals surface area contributed by atoms with Crippen molar-refractivity contribution in [3.8, 4) is 5.75 Å². The van der Waals surface area contributed by atoms with E-state index in [9.17, 15) is 9.18 Å². The highest BCUT2D eigenvalue weighted by Crippen LogP contribution is 2.12. The fourth-order valence-electron chi connectivity index (χ4n) is 2.91. The summed E-state index contributed by atoms with van der Waals surface area (Å²) in [4.78, 5) is 20.9. The van der Waals surface area contributed by atoms with Crippen LogP contribution in [0.1, 0.15) is 6.92 Å². The van der Waals surface area contributed by atoms with Crippen LogP contribution in [-0.4, -0.2) is 53.8 Å². The van der Waals surface area contributed by atoms with Gasteiger partial charge in [0.25, 0.3) is 5.56 Å². The lowest BCUT2D eigenvalue weighted by atomic mass is 10.3. The zero-order valence-corrected chi connectivity index (χ0v) is 14.4. The van der Waals surface area contributed by atoms with Crippen molar-refractivity contribution < 1.29 is 9.13 Å². The maximum atomic E-state index is 12.9. The van der Waals surface area contributed by atoms with Gasteiger partial charge in [0.2, 0.25) is 0 Å². The molecule has 25 heavy (non-hydrogen) atoms. The Morgan fingerprint density at radius 2 is 1.88 bits per heavy atom. The number of halogens is 1. The van der Waals surface area contributed by atoms with Gasteiger partial charge in [0.1, 0.15) is 18.2 Å². The fourth-order valence-corrected chi connectivity index (χ4v) is 2.91. The third-order valence-corrected chi connectivity index (χ3v) is 4.40. The molecule has 2 heterocycles. The van der Waals surface area contributed by atoms with Gasteiger partial charge in [0, 0.05) is 51.7 Å². The van der Waals surface area contributed by atoms with Crippen molar-refractivity contribution in [2.24, 2.45) is 0 Å². The van der Waals surface area contributed by atoms with Crippen molar-refractivity contribution in [3.63, 3.8) is 0 Å². The molecule has 7 heteroatoms. The Bertz CT molecular complexity index is 739. The average Bonchev–Trinajstić information content (AvgIpc) is 2.64. The zero-order chi connectivity index (χ0) is 17.6. The molecule has 0 aliphatic carbocycles. The van der Waals surface area contributed by atoms with E-state index in [0.29, 0.717) is 24.7 Å². The zero-order valence-electron chi connectivity index (χ0n) is 14.4. The Morgan fingerprint density at radius 3 is 2.56 bits per heavy atom. The molecule has 0 atom stereocenters. The summed E-state index contributed by atoms with van der Waals surface area (Å²) in [6.45, 7) is 7.20. The number of hydrogen-bond acceptors (Lipinski definition) is 5. The van der Waals surface area contributed by atoms with Crippen LogP contribution in [0.3, 0.4) is 0 Å². The largest absolute Gasteiger partial charge is 0.492 e. The molecule has 1 aromatic heterocycles. The van der Waals surface area contributed by atoms with Gasteiger partial charge in [-0.1, -0.05) is 0 Å². The molecule has 0 bridgehead atoms. The van der Waals surface area contributed by atoms with Crippen molar-refractivity contribution in [2.75, 3.05) is 44.2 Å². The first kappa shape index (κ1) is 17.4. The van der Waals surface area contributed by atoms with Crippen molar-refractivity contribution in [3.05, 3.63) is 52.8 Å². The van der Waals surface area contributed by atoms with Gasteiger partial charge in [-0.2, -0.15) is 0 Å². The van der Waals surface area contributed by atoms with Gasteiger partial charge in [0.15, 0.2) is 5.82 Å². The van der Waals surface area contributed by atoms with Crippen LogP contribution in [0.5, 0.6) is 5.75 Å². The van der Waals surface area contributed by atoms with E-state index in [4.69, 9.17) is 4.74 Å². The Labute approximate surface area is 146 Å². The minimum Gasteiger partial charge on any atom is -0.492 e. The van der Waals surface area contributed by atoms with Crippen molar-refractivity contribution in [1.29, 1.82) is 0 Å². The summed E-state index contributed by atoms with van der Waals surface area (Å²) in [5, 5.41) is 0. The lowest BCUT2D eigenvalue weighted by Gasteiger charge is -2.34. The van der Waals surface area contributed by atoms with Crippen LogP contribution >= 0.6 is 0 Å². The maximum Gasteiger partial charge on any atom is 0.293 e. The van der Waals surface area contributed by atoms with Crippen molar-refractivity contribution in [1.82, 2.24) is 14.5 Å². The van der Waals surface area contributed by atoms with Gasteiger partial charge in [0.05, 0.1) is 0 Å². The molecule has 1 saturated heterocycles. The predicted octanol–water partition coefficient (Wildman–Crippen LogP) is 1.60. The predicted molar refractivity (Wildman–Crippen MR) is 94.7 cm³/mol. The van der Waals surface area contributed by atoms with E-state index < -0.39 is 0 Å². The van der Waals surface area contributed by atoms with Crippen LogP contribution in [-0.2, 0) is 6.54 Å².